The first-order valence-electron chi connectivity index (χ1n) is 8.21. The zero-order chi connectivity index (χ0) is 15.3. The lowest BCUT2D eigenvalue weighted by Crippen LogP contribution is -2.46. The monoisotopic (exact) mass is 295 g/mol. The third-order valence-corrected chi connectivity index (χ3v) is 5.24. The number of aromatic nitrogens is 2. The van der Waals surface area contributed by atoms with Crippen molar-refractivity contribution in [3.05, 3.63) is 11.7 Å². The van der Waals surface area contributed by atoms with E-state index in [4.69, 9.17) is 9.26 Å². The first-order chi connectivity index (χ1) is 10.1. The molecule has 0 radical (unpaired) electrons. The molecule has 0 aliphatic heterocycles. The van der Waals surface area contributed by atoms with Crippen LogP contribution in [0.15, 0.2) is 4.52 Å². The van der Waals surface area contributed by atoms with E-state index >= 15 is 0 Å². The van der Waals surface area contributed by atoms with Gasteiger partial charge in [-0.1, -0.05) is 38.3 Å². The largest absolute Gasteiger partial charge is 0.370 e. The lowest BCUT2D eigenvalue weighted by atomic mass is 9.79. The number of hydrogen-bond acceptors (Lipinski definition) is 5. The highest BCUT2D eigenvalue weighted by Gasteiger charge is 2.36. The van der Waals surface area contributed by atoms with Gasteiger partial charge in [-0.05, 0) is 32.7 Å². The summed E-state index contributed by atoms with van der Waals surface area (Å²) in [7, 11) is 3.76. The number of methoxy groups -OCH3 is 1. The maximum Gasteiger partial charge on any atom is 0.228 e. The van der Waals surface area contributed by atoms with E-state index in [1.807, 2.05) is 7.05 Å². The maximum atomic E-state index is 5.68. The lowest BCUT2D eigenvalue weighted by Gasteiger charge is -2.36. The fourth-order valence-corrected chi connectivity index (χ4v) is 3.49. The minimum absolute atomic E-state index is 0.121. The Balaban J connectivity index is 2.15. The Labute approximate surface area is 127 Å². The molecule has 0 bridgehead atoms. The van der Waals surface area contributed by atoms with Crippen LogP contribution < -0.4 is 5.32 Å². The molecular weight excluding hydrogens is 266 g/mol. The van der Waals surface area contributed by atoms with Crippen LogP contribution in [0.1, 0.15) is 70.5 Å². The van der Waals surface area contributed by atoms with Gasteiger partial charge in [0.15, 0.2) is 0 Å². The third kappa shape index (κ3) is 3.29. The fourth-order valence-electron chi connectivity index (χ4n) is 3.49. The minimum Gasteiger partial charge on any atom is -0.370 e. The van der Waals surface area contributed by atoms with Crippen LogP contribution >= 0.6 is 0 Å². The molecule has 1 heterocycles. The summed E-state index contributed by atoms with van der Waals surface area (Å²) in [5.41, 5.74) is -0.294. The van der Waals surface area contributed by atoms with E-state index in [-0.39, 0.29) is 5.54 Å². The Kier molecular flexibility index (Phi) is 5.38. The highest BCUT2D eigenvalue weighted by Crippen LogP contribution is 2.33. The van der Waals surface area contributed by atoms with Crippen molar-refractivity contribution in [2.45, 2.75) is 76.4 Å². The lowest BCUT2D eigenvalue weighted by molar-refractivity contribution is -0.0306. The fraction of sp³-hybridized carbons (Fsp3) is 0.875. The second-order valence-electron chi connectivity index (χ2n) is 6.19. The van der Waals surface area contributed by atoms with Gasteiger partial charge in [0.2, 0.25) is 11.7 Å². The summed E-state index contributed by atoms with van der Waals surface area (Å²) in [6.45, 7) is 4.19. The zero-order valence-electron chi connectivity index (χ0n) is 13.9. The van der Waals surface area contributed by atoms with Gasteiger partial charge in [0, 0.05) is 19.1 Å². The molecule has 1 aromatic rings. The molecule has 1 aliphatic carbocycles. The van der Waals surface area contributed by atoms with Crippen LogP contribution in [0.2, 0.25) is 0 Å². The maximum absolute atomic E-state index is 5.68. The highest BCUT2D eigenvalue weighted by atomic mass is 16.5. The average molecular weight is 295 g/mol. The van der Waals surface area contributed by atoms with Gasteiger partial charge >= 0.3 is 0 Å². The summed E-state index contributed by atoms with van der Waals surface area (Å²) < 4.78 is 11.2. The van der Waals surface area contributed by atoms with Gasteiger partial charge < -0.3 is 14.6 Å². The highest BCUT2D eigenvalue weighted by molar-refractivity contribution is 5.04. The van der Waals surface area contributed by atoms with E-state index < -0.39 is 5.60 Å². The van der Waals surface area contributed by atoms with Crippen molar-refractivity contribution in [1.82, 2.24) is 15.5 Å². The van der Waals surface area contributed by atoms with Crippen LogP contribution in [0.25, 0.3) is 0 Å². The molecule has 1 N–H and O–H groups in total. The first-order valence-corrected chi connectivity index (χ1v) is 8.21. The number of likely N-dealkylation sites (N-methyl/N-ethyl adjacent to an activating group) is 1. The van der Waals surface area contributed by atoms with E-state index in [0.29, 0.717) is 5.82 Å². The van der Waals surface area contributed by atoms with Crippen molar-refractivity contribution in [2.24, 2.45) is 0 Å². The van der Waals surface area contributed by atoms with Gasteiger partial charge in [0.1, 0.15) is 5.60 Å². The molecule has 1 saturated carbocycles. The molecule has 21 heavy (non-hydrogen) atoms. The molecule has 120 valence electrons. The molecule has 0 spiro atoms. The molecule has 1 fully saturated rings. The molecule has 0 aromatic carbocycles. The normalized spacial score (nSPS) is 18.9. The number of nitrogens with one attached hydrogen (secondary N) is 1. The van der Waals surface area contributed by atoms with Gasteiger partial charge in [0.25, 0.3) is 0 Å². The average Bonchev–Trinajstić information content (AvgIpc) is 2.99. The number of rotatable bonds is 7. The van der Waals surface area contributed by atoms with Crippen molar-refractivity contribution < 1.29 is 9.26 Å². The SMILES string of the molecule is CCC(CC)(OC)c1noc(CC2(NC)CCCCC2)n1. The topological polar surface area (TPSA) is 60.2 Å². The molecule has 2 rings (SSSR count). The Hall–Kier alpha value is -0.940. The van der Waals surface area contributed by atoms with Crippen molar-refractivity contribution in [3.63, 3.8) is 0 Å². The number of ether oxygens (including phenoxy) is 1. The van der Waals surface area contributed by atoms with Crippen LogP contribution in [0, 0.1) is 0 Å². The molecule has 0 amide bonds. The molecule has 5 heteroatoms. The quantitative estimate of drug-likeness (QED) is 0.837. The Morgan fingerprint density at radius 3 is 2.43 bits per heavy atom. The first kappa shape index (κ1) is 16.4. The number of nitrogens with zero attached hydrogens (tertiary/aromatic N) is 2. The van der Waals surface area contributed by atoms with Crippen molar-refractivity contribution >= 4 is 0 Å². The summed E-state index contributed by atoms with van der Waals surface area (Å²) >= 11 is 0. The third-order valence-electron chi connectivity index (χ3n) is 5.24. The Morgan fingerprint density at radius 1 is 1.24 bits per heavy atom. The van der Waals surface area contributed by atoms with Crippen LogP contribution in [-0.2, 0) is 16.8 Å². The summed E-state index contributed by atoms with van der Waals surface area (Å²) in [6, 6.07) is 0. The summed E-state index contributed by atoms with van der Waals surface area (Å²) in [5.74, 6) is 1.41. The Bertz CT molecular complexity index is 426. The number of hydrogen-bond donors (Lipinski definition) is 1. The molecule has 1 aromatic heterocycles. The van der Waals surface area contributed by atoms with Crippen LogP contribution in [0.3, 0.4) is 0 Å². The smallest absolute Gasteiger partial charge is 0.228 e. The van der Waals surface area contributed by atoms with Crippen molar-refractivity contribution in [3.8, 4) is 0 Å². The van der Waals surface area contributed by atoms with Gasteiger partial charge in [-0.3, -0.25) is 0 Å². The molecule has 5 nitrogen and oxygen atoms in total. The molecule has 0 atom stereocenters. The molecular formula is C16H29N3O2. The van der Waals surface area contributed by atoms with Gasteiger partial charge in [-0.25, -0.2) is 0 Å². The van der Waals surface area contributed by atoms with E-state index in [1.165, 1.54) is 32.1 Å². The minimum atomic E-state index is -0.416. The summed E-state index contributed by atoms with van der Waals surface area (Å²) in [4.78, 5) is 4.64. The van der Waals surface area contributed by atoms with E-state index in [9.17, 15) is 0 Å². The van der Waals surface area contributed by atoms with E-state index in [2.05, 4.69) is 29.3 Å². The molecule has 0 saturated heterocycles. The summed E-state index contributed by atoms with van der Waals surface area (Å²) in [5, 5.41) is 7.69. The van der Waals surface area contributed by atoms with Gasteiger partial charge in [0.05, 0.1) is 0 Å². The van der Waals surface area contributed by atoms with Crippen LogP contribution in [-0.4, -0.2) is 29.8 Å². The Morgan fingerprint density at radius 2 is 1.90 bits per heavy atom. The second-order valence-corrected chi connectivity index (χ2v) is 6.19. The van der Waals surface area contributed by atoms with Gasteiger partial charge in [-0.2, -0.15) is 4.98 Å². The zero-order valence-corrected chi connectivity index (χ0v) is 13.9. The van der Waals surface area contributed by atoms with Crippen LogP contribution in [0.4, 0.5) is 0 Å². The van der Waals surface area contributed by atoms with E-state index in [0.717, 1.165) is 25.2 Å². The molecule has 1 aliphatic rings. The standard InChI is InChI=1S/C16H29N3O2/c1-5-16(6-2,20-4)14-18-13(21-19-14)12-15(17-3)10-8-7-9-11-15/h17H,5-12H2,1-4H3. The second kappa shape index (κ2) is 6.88. The van der Waals surface area contributed by atoms with Gasteiger partial charge in [-0.15, -0.1) is 0 Å². The predicted octanol–water partition coefficient (Wildman–Crippen LogP) is 3.20. The molecule has 0 unspecified atom stereocenters. The van der Waals surface area contributed by atoms with Crippen molar-refractivity contribution in [1.29, 1.82) is 0 Å². The predicted molar refractivity (Wildman–Crippen MR) is 82.1 cm³/mol. The van der Waals surface area contributed by atoms with Crippen LogP contribution in [0.5, 0.6) is 0 Å². The van der Waals surface area contributed by atoms with E-state index in [1.54, 1.807) is 7.11 Å². The summed E-state index contributed by atoms with van der Waals surface area (Å²) in [6.07, 6.45) is 8.73. The van der Waals surface area contributed by atoms with Crippen molar-refractivity contribution in [2.75, 3.05) is 14.2 Å².